The molecule has 0 saturated carbocycles. The van der Waals surface area contributed by atoms with Gasteiger partial charge in [-0.05, 0) is 43.8 Å². The molecule has 5 heteroatoms. The summed E-state index contributed by atoms with van der Waals surface area (Å²) in [5.74, 6) is -0.794. The van der Waals surface area contributed by atoms with Crippen molar-refractivity contribution in [3.63, 3.8) is 0 Å². The molecule has 2 aromatic rings. The summed E-state index contributed by atoms with van der Waals surface area (Å²) in [5.41, 5.74) is 0.366. The maximum Gasteiger partial charge on any atom is 0.238 e. The number of aldehydes is 1. The van der Waals surface area contributed by atoms with E-state index in [0.717, 1.165) is 5.56 Å². The van der Waals surface area contributed by atoms with Crippen LogP contribution in [0.1, 0.15) is 12.5 Å². The summed E-state index contributed by atoms with van der Waals surface area (Å²) < 4.78 is 12.9. The summed E-state index contributed by atoms with van der Waals surface area (Å²) in [6.07, 6.45) is 0.660. The lowest BCUT2D eigenvalue weighted by Gasteiger charge is -2.28. The summed E-state index contributed by atoms with van der Waals surface area (Å²) in [5, 5.41) is 2.67. The van der Waals surface area contributed by atoms with Gasteiger partial charge in [-0.2, -0.15) is 0 Å². The quantitative estimate of drug-likeness (QED) is 0.628. The Morgan fingerprint density at radius 2 is 1.79 bits per heavy atom. The van der Waals surface area contributed by atoms with E-state index in [4.69, 9.17) is 0 Å². The van der Waals surface area contributed by atoms with Crippen molar-refractivity contribution in [2.75, 3.05) is 18.9 Å². The van der Waals surface area contributed by atoms with Crippen LogP contribution < -0.4 is 5.32 Å². The minimum Gasteiger partial charge on any atom is -0.325 e. The highest BCUT2D eigenvalue weighted by Gasteiger charge is 2.34. The number of hydrogen-bond donors (Lipinski definition) is 1. The predicted octanol–water partition coefficient (Wildman–Crippen LogP) is 3.10. The number of nitrogens with one attached hydrogen (secondary N) is 1. The Balaban J connectivity index is 2.02. The van der Waals surface area contributed by atoms with Gasteiger partial charge in [-0.3, -0.25) is 4.79 Å². The molecule has 0 heterocycles. The maximum absolute atomic E-state index is 12.9. The Morgan fingerprint density at radius 3 is 2.38 bits per heavy atom. The summed E-state index contributed by atoms with van der Waals surface area (Å²) in [6, 6.07) is 15.3. The van der Waals surface area contributed by atoms with Crippen molar-refractivity contribution in [2.24, 2.45) is 5.41 Å². The van der Waals surface area contributed by atoms with Gasteiger partial charge in [-0.25, -0.2) is 4.39 Å². The summed E-state index contributed by atoms with van der Waals surface area (Å²) in [7, 11) is 1.86. The molecular formula is C19H21FN2O2. The van der Waals surface area contributed by atoms with Crippen LogP contribution in [-0.2, 0) is 16.1 Å². The predicted molar refractivity (Wildman–Crippen MR) is 92.0 cm³/mol. The molecular weight excluding hydrogens is 307 g/mol. The topological polar surface area (TPSA) is 49.4 Å². The molecule has 0 bridgehead atoms. The molecule has 2 rings (SSSR count). The largest absolute Gasteiger partial charge is 0.325 e. The van der Waals surface area contributed by atoms with Crippen LogP contribution in [0, 0.1) is 11.2 Å². The smallest absolute Gasteiger partial charge is 0.238 e. The zero-order valence-corrected chi connectivity index (χ0v) is 13.8. The fraction of sp³-hybridized carbons (Fsp3) is 0.263. The van der Waals surface area contributed by atoms with Crippen molar-refractivity contribution in [3.8, 4) is 0 Å². The third-order valence-electron chi connectivity index (χ3n) is 3.77. The molecule has 1 N–H and O–H groups in total. The molecule has 2 aromatic carbocycles. The zero-order chi connectivity index (χ0) is 17.6. The first-order valence-electron chi connectivity index (χ1n) is 7.69. The van der Waals surface area contributed by atoms with Gasteiger partial charge in [-0.1, -0.05) is 30.3 Å². The van der Waals surface area contributed by atoms with Crippen molar-refractivity contribution in [1.82, 2.24) is 4.90 Å². The van der Waals surface area contributed by atoms with E-state index in [2.05, 4.69) is 5.32 Å². The highest BCUT2D eigenvalue weighted by molar-refractivity contribution is 6.04. The standard InChI is InChI=1S/C19H21FN2O2/c1-19(14-23,13-22(2)12-15-6-4-3-5-7-15)18(24)21-17-10-8-16(20)9-11-17/h3-11,14H,12-13H2,1-2H3,(H,21,24). The van der Waals surface area contributed by atoms with Gasteiger partial charge in [0.1, 0.15) is 17.5 Å². The average Bonchev–Trinajstić information content (AvgIpc) is 2.57. The molecule has 0 aliphatic carbocycles. The van der Waals surface area contributed by atoms with E-state index in [1.165, 1.54) is 24.3 Å². The van der Waals surface area contributed by atoms with Crippen molar-refractivity contribution in [3.05, 3.63) is 66.0 Å². The first-order chi connectivity index (χ1) is 11.4. The molecule has 0 saturated heterocycles. The lowest BCUT2D eigenvalue weighted by Crippen LogP contribution is -2.43. The number of carbonyl (C=O) groups is 2. The van der Waals surface area contributed by atoms with Crippen molar-refractivity contribution >= 4 is 17.9 Å². The minimum absolute atomic E-state index is 0.276. The lowest BCUT2D eigenvalue weighted by atomic mass is 9.90. The number of amides is 1. The Labute approximate surface area is 141 Å². The number of carbonyl (C=O) groups excluding carboxylic acids is 2. The third kappa shape index (κ3) is 4.73. The Kier molecular flexibility index (Phi) is 5.82. The summed E-state index contributed by atoms with van der Waals surface area (Å²) in [6.45, 7) is 2.51. The van der Waals surface area contributed by atoms with Crippen molar-refractivity contribution in [1.29, 1.82) is 0 Å². The normalized spacial score (nSPS) is 13.3. The Hall–Kier alpha value is -2.53. The van der Waals surface area contributed by atoms with Gasteiger partial charge in [0, 0.05) is 18.8 Å². The lowest BCUT2D eigenvalue weighted by molar-refractivity contribution is -0.132. The fourth-order valence-corrected chi connectivity index (χ4v) is 2.48. The molecule has 0 radical (unpaired) electrons. The van der Waals surface area contributed by atoms with Gasteiger partial charge in [0.05, 0.1) is 0 Å². The zero-order valence-electron chi connectivity index (χ0n) is 13.8. The number of anilines is 1. The molecule has 1 unspecified atom stereocenters. The first kappa shape index (κ1) is 17.8. The van der Waals surface area contributed by atoms with Gasteiger partial charge < -0.3 is 15.0 Å². The second-order valence-electron chi connectivity index (χ2n) is 6.15. The number of rotatable bonds is 7. The van der Waals surface area contributed by atoms with Crippen LogP contribution in [0.2, 0.25) is 0 Å². The number of halogens is 1. The van der Waals surface area contributed by atoms with Crippen molar-refractivity contribution in [2.45, 2.75) is 13.5 Å². The van der Waals surface area contributed by atoms with Gasteiger partial charge in [-0.15, -0.1) is 0 Å². The number of hydrogen-bond acceptors (Lipinski definition) is 3. The minimum atomic E-state index is -1.20. The maximum atomic E-state index is 12.9. The Morgan fingerprint density at radius 1 is 1.17 bits per heavy atom. The van der Waals surface area contributed by atoms with Crippen LogP contribution in [0.5, 0.6) is 0 Å². The molecule has 126 valence electrons. The summed E-state index contributed by atoms with van der Waals surface area (Å²) in [4.78, 5) is 26.0. The molecule has 0 aliphatic rings. The van der Waals surface area contributed by atoms with E-state index in [1.54, 1.807) is 6.92 Å². The van der Waals surface area contributed by atoms with E-state index < -0.39 is 11.3 Å². The van der Waals surface area contributed by atoms with Crippen LogP contribution >= 0.6 is 0 Å². The molecule has 4 nitrogen and oxygen atoms in total. The second kappa shape index (κ2) is 7.84. The van der Waals surface area contributed by atoms with Crippen LogP contribution in [0.15, 0.2) is 54.6 Å². The highest BCUT2D eigenvalue weighted by atomic mass is 19.1. The van der Waals surface area contributed by atoms with Crippen molar-refractivity contribution < 1.29 is 14.0 Å². The van der Waals surface area contributed by atoms with Gasteiger partial charge in [0.25, 0.3) is 0 Å². The molecule has 1 atom stereocenters. The molecule has 1 amide bonds. The van der Waals surface area contributed by atoms with Crippen LogP contribution in [0.25, 0.3) is 0 Å². The van der Waals surface area contributed by atoms with E-state index in [9.17, 15) is 14.0 Å². The van der Waals surface area contributed by atoms with E-state index in [0.29, 0.717) is 18.5 Å². The fourth-order valence-electron chi connectivity index (χ4n) is 2.48. The highest BCUT2D eigenvalue weighted by Crippen LogP contribution is 2.19. The summed E-state index contributed by atoms with van der Waals surface area (Å²) >= 11 is 0. The second-order valence-corrected chi connectivity index (χ2v) is 6.15. The SMILES string of the molecule is CN(Cc1ccccc1)CC(C)(C=O)C(=O)Nc1ccc(F)cc1. The van der Waals surface area contributed by atoms with E-state index in [-0.39, 0.29) is 12.4 Å². The molecule has 0 fully saturated rings. The monoisotopic (exact) mass is 328 g/mol. The van der Waals surface area contributed by atoms with Gasteiger partial charge in [0.2, 0.25) is 5.91 Å². The van der Waals surface area contributed by atoms with Crippen LogP contribution in [0.3, 0.4) is 0 Å². The Bertz CT molecular complexity index is 688. The molecule has 0 aliphatic heterocycles. The van der Waals surface area contributed by atoms with E-state index in [1.807, 2.05) is 42.3 Å². The van der Waals surface area contributed by atoms with Gasteiger partial charge >= 0.3 is 0 Å². The van der Waals surface area contributed by atoms with E-state index >= 15 is 0 Å². The molecule has 0 aromatic heterocycles. The number of benzene rings is 2. The number of nitrogens with zero attached hydrogens (tertiary/aromatic N) is 1. The average molecular weight is 328 g/mol. The van der Waals surface area contributed by atoms with Gasteiger partial charge in [0.15, 0.2) is 0 Å². The molecule has 24 heavy (non-hydrogen) atoms. The third-order valence-corrected chi connectivity index (χ3v) is 3.77. The first-order valence-corrected chi connectivity index (χ1v) is 7.69. The molecule has 0 spiro atoms. The van der Waals surface area contributed by atoms with Crippen LogP contribution in [0.4, 0.5) is 10.1 Å². The van der Waals surface area contributed by atoms with Crippen LogP contribution in [-0.4, -0.2) is 30.7 Å².